The topological polar surface area (TPSA) is 71.5 Å². The highest BCUT2D eigenvalue weighted by atomic mass is 35.5. The van der Waals surface area contributed by atoms with Gasteiger partial charge in [-0.3, -0.25) is 9.69 Å². The molecule has 0 aromatic heterocycles. The Morgan fingerprint density at radius 1 is 1.00 bits per heavy atom. The molecule has 2 aliphatic heterocycles. The summed E-state index contributed by atoms with van der Waals surface area (Å²) < 4.78 is 17.7. The second kappa shape index (κ2) is 13.7. The highest BCUT2D eigenvalue weighted by Gasteiger charge is 2.34. The van der Waals surface area contributed by atoms with Crippen molar-refractivity contribution < 1.29 is 24.1 Å². The fraction of sp³-hybridized carbons (Fsp3) is 0.581. The maximum absolute atomic E-state index is 12.2. The largest absolute Gasteiger partial charge is 0.493 e. The first-order valence-electron chi connectivity index (χ1n) is 14.2. The lowest BCUT2D eigenvalue weighted by molar-refractivity contribution is -0.130. The molecule has 2 aromatic rings. The van der Waals surface area contributed by atoms with Gasteiger partial charge in [-0.25, -0.2) is 0 Å². The van der Waals surface area contributed by atoms with Gasteiger partial charge in [-0.15, -0.1) is 0 Å². The summed E-state index contributed by atoms with van der Waals surface area (Å²) in [5.74, 6) is 2.40. The Morgan fingerprint density at radius 3 is 2.56 bits per heavy atom. The van der Waals surface area contributed by atoms with Crippen LogP contribution in [0.2, 0.25) is 5.02 Å². The summed E-state index contributed by atoms with van der Waals surface area (Å²) in [5.41, 5.74) is 2.13. The minimum absolute atomic E-state index is 0.239. The number of aryl methyl sites for hydroxylation is 2. The van der Waals surface area contributed by atoms with E-state index in [-0.39, 0.29) is 12.5 Å². The van der Waals surface area contributed by atoms with E-state index in [0.717, 1.165) is 79.2 Å². The van der Waals surface area contributed by atoms with Crippen LogP contribution in [-0.4, -0.2) is 72.9 Å². The SMILES string of the molecule is COc1cc(CN2CCCC(O)(COc3cc(C)c(Cl)c(C)c3)C2)ccc1OCCCN1CCCCCC1=O. The van der Waals surface area contributed by atoms with Gasteiger partial charge < -0.3 is 24.2 Å². The molecular formula is C31H43ClN2O5. The van der Waals surface area contributed by atoms with Crippen molar-refractivity contribution in [2.75, 3.05) is 46.5 Å². The molecule has 2 heterocycles. The van der Waals surface area contributed by atoms with Crippen LogP contribution in [0.25, 0.3) is 0 Å². The molecule has 2 fully saturated rings. The maximum Gasteiger partial charge on any atom is 0.222 e. The Labute approximate surface area is 238 Å². The first-order chi connectivity index (χ1) is 18.8. The van der Waals surface area contributed by atoms with E-state index in [1.165, 1.54) is 0 Å². The first kappa shape index (κ1) is 29.5. The molecule has 1 amide bonds. The van der Waals surface area contributed by atoms with Crippen LogP contribution in [-0.2, 0) is 11.3 Å². The van der Waals surface area contributed by atoms with Gasteiger partial charge in [0, 0.05) is 37.6 Å². The Morgan fingerprint density at radius 2 is 1.79 bits per heavy atom. The van der Waals surface area contributed by atoms with Crippen molar-refractivity contribution in [1.82, 2.24) is 9.80 Å². The number of β-amino-alcohol motifs (C(OH)–C–C–N with tert-alkyl or cyclic N) is 1. The molecule has 0 bridgehead atoms. The molecule has 1 N–H and O–H groups in total. The number of rotatable bonds is 11. The van der Waals surface area contributed by atoms with Gasteiger partial charge in [0.1, 0.15) is 18.0 Å². The van der Waals surface area contributed by atoms with Gasteiger partial charge in [0.15, 0.2) is 11.5 Å². The lowest BCUT2D eigenvalue weighted by Crippen LogP contribution is -2.51. The molecule has 214 valence electrons. The number of amides is 1. The lowest BCUT2D eigenvalue weighted by Gasteiger charge is -2.39. The normalized spacial score (nSPS) is 20.5. The van der Waals surface area contributed by atoms with Crippen molar-refractivity contribution in [3.63, 3.8) is 0 Å². The minimum Gasteiger partial charge on any atom is -0.493 e. The third kappa shape index (κ3) is 8.26. The number of carbonyl (C=O) groups is 1. The van der Waals surface area contributed by atoms with Crippen LogP contribution in [0.3, 0.4) is 0 Å². The molecule has 2 saturated heterocycles. The zero-order valence-electron chi connectivity index (χ0n) is 23.6. The lowest BCUT2D eigenvalue weighted by atomic mass is 9.93. The van der Waals surface area contributed by atoms with Gasteiger partial charge >= 0.3 is 0 Å². The van der Waals surface area contributed by atoms with Crippen LogP contribution in [0.15, 0.2) is 30.3 Å². The summed E-state index contributed by atoms with van der Waals surface area (Å²) in [6.45, 7) is 8.44. The molecule has 39 heavy (non-hydrogen) atoms. The number of methoxy groups -OCH3 is 1. The van der Waals surface area contributed by atoms with Crippen molar-refractivity contribution in [3.8, 4) is 17.2 Å². The van der Waals surface area contributed by atoms with E-state index >= 15 is 0 Å². The number of nitrogens with zero attached hydrogens (tertiary/aromatic N) is 2. The van der Waals surface area contributed by atoms with Gasteiger partial charge in [0.05, 0.1) is 13.7 Å². The Bertz CT molecular complexity index is 1100. The molecule has 0 aliphatic carbocycles. The third-order valence-electron chi connectivity index (χ3n) is 7.69. The second-order valence-electron chi connectivity index (χ2n) is 11.1. The smallest absolute Gasteiger partial charge is 0.222 e. The monoisotopic (exact) mass is 558 g/mol. The zero-order valence-corrected chi connectivity index (χ0v) is 24.4. The molecule has 1 unspecified atom stereocenters. The summed E-state index contributed by atoms with van der Waals surface area (Å²) in [4.78, 5) is 16.4. The minimum atomic E-state index is -0.915. The molecule has 0 radical (unpaired) electrons. The summed E-state index contributed by atoms with van der Waals surface area (Å²) >= 11 is 6.28. The first-order valence-corrected chi connectivity index (χ1v) is 14.6. The van der Waals surface area contributed by atoms with Gasteiger partial charge in [0.2, 0.25) is 5.91 Å². The highest BCUT2D eigenvalue weighted by Crippen LogP contribution is 2.31. The number of hydrogen-bond acceptors (Lipinski definition) is 6. The average Bonchev–Trinajstić information content (AvgIpc) is 3.12. The van der Waals surface area contributed by atoms with E-state index in [1.54, 1.807) is 7.11 Å². The van der Waals surface area contributed by atoms with Gasteiger partial charge in [-0.2, -0.15) is 0 Å². The number of aliphatic hydroxyl groups is 1. The molecule has 4 rings (SSSR count). The molecule has 7 nitrogen and oxygen atoms in total. The third-order valence-corrected chi connectivity index (χ3v) is 8.28. The van der Waals surface area contributed by atoms with Gasteiger partial charge in [-0.05, 0) is 93.5 Å². The van der Waals surface area contributed by atoms with Crippen LogP contribution < -0.4 is 14.2 Å². The van der Waals surface area contributed by atoms with Crippen LogP contribution in [0.1, 0.15) is 61.6 Å². The van der Waals surface area contributed by atoms with Crippen LogP contribution in [0.4, 0.5) is 0 Å². The van der Waals surface area contributed by atoms with E-state index in [2.05, 4.69) is 11.0 Å². The van der Waals surface area contributed by atoms with Crippen molar-refractivity contribution in [2.24, 2.45) is 0 Å². The molecule has 8 heteroatoms. The molecule has 2 aliphatic rings. The highest BCUT2D eigenvalue weighted by molar-refractivity contribution is 6.32. The predicted molar refractivity (Wildman–Crippen MR) is 154 cm³/mol. The predicted octanol–water partition coefficient (Wildman–Crippen LogP) is 5.54. The van der Waals surface area contributed by atoms with Crippen LogP contribution >= 0.6 is 11.6 Å². The molecule has 1 atom stereocenters. The number of hydrogen-bond donors (Lipinski definition) is 1. The number of benzene rings is 2. The van der Waals surface area contributed by atoms with E-state index in [4.69, 9.17) is 25.8 Å². The van der Waals surface area contributed by atoms with Crippen molar-refractivity contribution in [2.45, 2.75) is 70.9 Å². The van der Waals surface area contributed by atoms with Crippen molar-refractivity contribution >= 4 is 17.5 Å². The second-order valence-corrected chi connectivity index (χ2v) is 11.5. The quantitative estimate of drug-likeness (QED) is 0.365. The molecular weight excluding hydrogens is 516 g/mol. The van der Waals surface area contributed by atoms with Gasteiger partial charge in [0.25, 0.3) is 0 Å². The fourth-order valence-electron chi connectivity index (χ4n) is 5.57. The van der Waals surface area contributed by atoms with E-state index < -0.39 is 5.60 Å². The number of likely N-dealkylation sites (tertiary alicyclic amines) is 2. The number of piperidine rings is 1. The number of halogens is 1. The Hall–Kier alpha value is -2.48. The zero-order chi connectivity index (χ0) is 27.8. The van der Waals surface area contributed by atoms with Crippen LogP contribution in [0.5, 0.6) is 17.2 Å². The standard InChI is InChI=1S/C31H43ClN2O5/c1-23-17-26(18-24(2)30(23)32)39-22-31(36)12-7-13-33(21-31)20-25-10-11-27(28(19-25)37-3)38-16-8-15-34-14-6-4-5-9-29(34)35/h10-11,17-19,36H,4-9,12-16,20-22H2,1-3H3. The van der Waals surface area contributed by atoms with Crippen molar-refractivity contribution in [3.05, 3.63) is 52.0 Å². The molecule has 2 aromatic carbocycles. The summed E-state index contributed by atoms with van der Waals surface area (Å²) in [7, 11) is 1.65. The van der Waals surface area contributed by atoms with Crippen molar-refractivity contribution in [1.29, 1.82) is 0 Å². The average molecular weight is 559 g/mol. The maximum atomic E-state index is 12.2. The summed E-state index contributed by atoms with van der Waals surface area (Å²) in [5, 5.41) is 12.1. The van der Waals surface area contributed by atoms with E-state index in [9.17, 15) is 9.90 Å². The Kier molecular flexibility index (Phi) is 10.4. The number of ether oxygens (including phenoxy) is 3. The van der Waals surface area contributed by atoms with Gasteiger partial charge in [-0.1, -0.05) is 24.1 Å². The summed E-state index contributed by atoms with van der Waals surface area (Å²) in [6.07, 6.45) is 6.29. The fourth-order valence-corrected chi connectivity index (χ4v) is 5.68. The number of carbonyl (C=O) groups excluding carboxylic acids is 1. The van der Waals surface area contributed by atoms with E-state index in [0.29, 0.717) is 44.0 Å². The summed E-state index contributed by atoms with van der Waals surface area (Å²) in [6, 6.07) is 9.86. The van der Waals surface area contributed by atoms with Crippen LogP contribution in [0, 0.1) is 13.8 Å². The molecule has 0 spiro atoms. The van der Waals surface area contributed by atoms with E-state index in [1.807, 2.05) is 43.0 Å². The molecule has 0 saturated carbocycles. The Balaban J connectivity index is 1.28.